The zero-order chi connectivity index (χ0) is 19.6. The first-order valence-electron chi connectivity index (χ1n) is 7.61. The third-order valence-corrected chi connectivity index (χ3v) is 5.26. The van der Waals surface area contributed by atoms with Gasteiger partial charge in [-0.15, -0.1) is 0 Å². The van der Waals surface area contributed by atoms with E-state index in [1.54, 1.807) is 19.2 Å². The number of halogens is 1. The Balaban J connectivity index is 1.76. The number of nitrogens with zero attached hydrogens (tertiary/aromatic N) is 1. The molecule has 0 spiro atoms. The van der Waals surface area contributed by atoms with Gasteiger partial charge in [0.25, 0.3) is 5.91 Å². The van der Waals surface area contributed by atoms with Crippen LogP contribution in [0.2, 0.25) is 0 Å². The highest BCUT2D eigenvalue weighted by atomic mass is 79.9. The van der Waals surface area contributed by atoms with E-state index in [1.165, 1.54) is 24.3 Å². The molecule has 0 radical (unpaired) electrons. The highest BCUT2D eigenvalue weighted by molar-refractivity contribution is 9.10. The standard InChI is InChI=1S/C17H15BrN4O4S/c1-26-16-7-2-10(8-13(16)18)14-9-15(22-21-14)17(23)20-11-3-5-12(6-4-11)27(19,24)25/h2-9H,1H3,(H,20,23)(H,21,22)(H2,19,24,25). The molecule has 8 nitrogen and oxygen atoms in total. The van der Waals surface area contributed by atoms with Crippen LogP contribution in [0, 0.1) is 0 Å². The monoisotopic (exact) mass is 450 g/mol. The van der Waals surface area contributed by atoms with Crippen LogP contribution in [0.1, 0.15) is 10.5 Å². The van der Waals surface area contributed by atoms with Crippen molar-refractivity contribution < 1.29 is 17.9 Å². The van der Waals surface area contributed by atoms with Gasteiger partial charge in [0, 0.05) is 11.3 Å². The second kappa shape index (κ2) is 7.51. The predicted molar refractivity (Wildman–Crippen MR) is 104 cm³/mol. The fraction of sp³-hybridized carbons (Fsp3) is 0.0588. The van der Waals surface area contributed by atoms with Crippen LogP contribution in [0.15, 0.2) is 57.9 Å². The van der Waals surface area contributed by atoms with Crippen molar-refractivity contribution in [1.29, 1.82) is 0 Å². The lowest BCUT2D eigenvalue weighted by atomic mass is 10.1. The molecule has 1 amide bonds. The van der Waals surface area contributed by atoms with Crippen LogP contribution >= 0.6 is 15.9 Å². The number of aromatic amines is 1. The van der Waals surface area contributed by atoms with Crippen LogP contribution in [-0.2, 0) is 10.0 Å². The Bertz CT molecular complexity index is 1090. The number of hydrogen-bond acceptors (Lipinski definition) is 5. The van der Waals surface area contributed by atoms with E-state index >= 15 is 0 Å². The number of nitrogens with two attached hydrogens (primary N) is 1. The Morgan fingerprint density at radius 3 is 2.48 bits per heavy atom. The van der Waals surface area contributed by atoms with Gasteiger partial charge in [0.05, 0.1) is 22.2 Å². The van der Waals surface area contributed by atoms with E-state index in [1.807, 2.05) is 12.1 Å². The molecule has 3 aromatic rings. The summed E-state index contributed by atoms with van der Waals surface area (Å²) in [5, 5.41) is 14.5. The first kappa shape index (κ1) is 19.1. The zero-order valence-electron chi connectivity index (χ0n) is 14.1. The largest absolute Gasteiger partial charge is 0.496 e. The quantitative estimate of drug-likeness (QED) is 0.550. The molecule has 0 aliphatic rings. The summed E-state index contributed by atoms with van der Waals surface area (Å²) in [5.74, 6) is 0.278. The van der Waals surface area contributed by atoms with Gasteiger partial charge < -0.3 is 10.1 Å². The molecule has 27 heavy (non-hydrogen) atoms. The fourth-order valence-corrected chi connectivity index (χ4v) is 3.39. The first-order chi connectivity index (χ1) is 12.8. The van der Waals surface area contributed by atoms with Gasteiger partial charge in [0.1, 0.15) is 11.4 Å². The number of ether oxygens (including phenoxy) is 1. The molecule has 0 saturated heterocycles. The number of methoxy groups -OCH3 is 1. The van der Waals surface area contributed by atoms with Crippen LogP contribution < -0.4 is 15.2 Å². The summed E-state index contributed by atoms with van der Waals surface area (Å²) in [6, 6.07) is 12.6. The van der Waals surface area contributed by atoms with Gasteiger partial charge >= 0.3 is 0 Å². The molecule has 2 aromatic carbocycles. The number of carbonyl (C=O) groups is 1. The summed E-state index contributed by atoms with van der Waals surface area (Å²) in [4.78, 5) is 12.3. The number of H-pyrrole nitrogens is 1. The van der Waals surface area contributed by atoms with E-state index in [-0.39, 0.29) is 10.6 Å². The van der Waals surface area contributed by atoms with E-state index in [9.17, 15) is 13.2 Å². The molecule has 140 valence electrons. The molecule has 0 fully saturated rings. The number of amides is 1. The molecule has 1 aromatic heterocycles. The van der Waals surface area contributed by atoms with Gasteiger partial charge in [-0.05, 0) is 64.5 Å². The number of nitrogens with one attached hydrogen (secondary N) is 2. The van der Waals surface area contributed by atoms with Crippen molar-refractivity contribution in [2.75, 3.05) is 12.4 Å². The first-order valence-corrected chi connectivity index (χ1v) is 9.95. The predicted octanol–water partition coefficient (Wildman–Crippen LogP) is 2.75. The maximum Gasteiger partial charge on any atom is 0.273 e. The summed E-state index contributed by atoms with van der Waals surface area (Å²) in [6.45, 7) is 0. The van der Waals surface area contributed by atoms with Gasteiger partial charge in [0.2, 0.25) is 10.0 Å². The summed E-state index contributed by atoms with van der Waals surface area (Å²) in [7, 11) is -2.20. The molecule has 0 atom stereocenters. The van der Waals surface area contributed by atoms with Crippen molar-refractivity contribution in [3.8, 4) is 17.0 Å². The number of anilines is 1. The highest BCUT2D eigenvalue weighted by Gasteiger charge is 2.13. The lowest BCUT2D eigenvalue weighted by molar-refractivity contribution is 0.102. The Morgan fingerprint density at radius 1 is 1.19 bits per heavy atom. The maximum absolute atomic E-state index is 12.4. The minimum atomic E-state index is -3.78. The molecular weight excluding hydrogens is 436 g/mol. The Labute approximate surface area is 163 Å². The number of benzene rings is 2. The molecule has 0 saturated carbocycles. The second-order valence-electron chi connectivity index (χ2n) is 5.54. The van der Waals surface area contributed by atoms with Crippen molar-refractivity contribution in [2.24, 2.45) is 5.14 Å². The number of rotatable bonds is 5. The van der Waals surface area contributed by atoms with Crippen LogP contribution in [0.5, 0.6) is 5.75 Å². The molecule has 0 bridgehead atoms. The summed E-state index contributed by atoms with van der Waals surface area (Å²) in [6.07, 6.45) is 0. The van der Waals surface area contributed by atoms with E-state index in [0.717, 1.165) is 10.0 Å². The minimum absolute atomic E-state index is 0.0330. The Hall–Kier alpha value is -2.69. The average molecular weight is 451 g/mol. The van der Waals surface area contributed by atoms with Crippen LogP contribution in [0.3, 0.4) is 0 Å². The van der Waals surface area contributed by atoms with E-state index in [2.05, 4.69) is 31.4 Å². The smallest absolute Gasteiger partial charge is 0.273 e. The maximum atomic E-state index is 12.4. The molecule has 3 rings (SSSR count). The minimum Gasteiger partial charge on any atom is -0.496 e. The van der Waals surface area contributed by atoms with Crippen molar-refractivity contribution in [1.82, 2.24) is 10.2 Å². The molecule has 1 heterocycles. The number of primary sulfonamides is 1. The number of sulfonamides is 1. The topological polar surface area (TPSA) is 127 Å². The lowest BCUT2D eigenvalue weighted by Crippen LogP contribution is -2.14. The molecule has 4 N–H and O–H groups in total. The third-order valence-electron chi connectivity index (χ3n) is 3.71. The van der Waals surface area contributed by atoms with Crippen molar-refractivity contribution in [3.05, 3.63) is 58.7 Å². The normalized spacial score (nSPS) is 11.2. The van der Waals surface area contributed by atoms with Crippen LogP contribution in [0.25, 0.3) is 11.3 Å². The second-order valence-corrected chi connectivity index (χ2v) is 7.96. The molecule has 0 aliphatic heterocycles. The Morgan fingerprint density at radius 2 is 1.89 bits per heavy atom. The van der Waals surface area contributed by atoms with Gasteiger partial charge in [-0.3, -0.25) is 9.89 Å². The van der Waals surface area contributed by atoms with Crippen molar-refractivity contribution in [2.45, 2.75) is 4.90 Å². The summed E-state index contributed by atoms with van der Waals surface area (Å²) >= 11 is 3.41. The molecular formula is C17H15BrN4O4S. The molecule has 0 aliphatic carbocycles. The Kier molecular flexibility index (Phi) is 5.31. The lowest BCUT2D eigenvalue weighted by Gasteiger charge is -2.04. The van der Waals surface area contributed by atoms with Gasteiger partial charge in [-0.25, -0.2) is 13.6 Å². The van der Waals surface area contributed by atoms with Crippen molar-refractivity contribution in [3.63, 3.8) is 0 Å². The van der Waals surface area contributed by atoms with E-state index < -0.39 is 15.9 Å². The molecule has 10 heteroatoms. The van der Waals surface area contributed by atoms with E-state index in [4.69, 9.17) is 9.88 Å². The van der Waals surface area contributed by atoms with Crippen LogP contribution in [0.4, 0.5) is 5.69 Å². The summed E-state index contributed by atoms with van der Waals surface area (Å²) in [5.41, 5.74) is 2.08. The van der Waals surface area contributed by atoms with E-state index in [0.29, 0.717) is 17.1 Å². The van der Waals surface area contributed by atoms with Gasteiger partial charge in [-0.1, -0.05) is 0 Å². The number of aromatic nitrogens is 2. The third kappa shape index (κ3) is 4.35. The average Bonchev–Trinajstić information content (AvgIpc) is 3.11. The fourth-order valence-electron chi connectivity index (χ4n) is 2.34. The molecule has 0 unspecified atom stereocenters. The highest BCUT2D eigenvalue weighted by Crippen LogP contribution is 2.30. The number of carbonyl (C=O) groups excluding carboxylic acids is 1. The SMILES string of the molecule is COc1ccc(-c2cc(C(=O)Nc3ccc(S(N)(=O)=O)cc3)[nH]n2)cc1Br. The van der Waals surface area contributed by atoms with Crippen molar-refractivity contribution >= 4 is 37.5 Å². The zero-order valence-corrected chi connectivity index (χ0v) is 16.5. The van der Waals surface area contributed by atoms with Crippen LogP contribution in [-0.4, -0.2) is 31.6 Å². The summed E-state index contributed by atoms with van der Waals surface area (Å²) < 4.78 is 28.5. The van der Waals surface area contributed by atoms with Gasteiger partial charge in [-0.2, -0.15) is 5.10 Å². The number of hydrogen-bond donors (Lipinski definition) is 3. The van der Waals surface area contributed by atoms with Gasteiger partial charge in [0.15, 0.2) is 0 Å².